The number of rotatable bonds is 4. The van der Waals surface area contributed by atoms with Crippen LogP contribution in [0, 0.1) is 24.0 Å². The van der Waals surface area contributed by atoms with Crippen molar-refractivity contribution < 1.29 is 23.0 Å². The predicted molar refractivity (Wildman–Crippen MR) is 98.0 cm³/mol. The third-order valence-corrected chi connectivity index (χ3v) is 4.84. The van der Waals surface area contributed by atoms with Gasteiger partial charge >= 0.3 is 0 Å². The van der Waals surface area contributed by atoms with Gasteiger partial charge in [0.25, 0.3) is 5.91 Å². The lowest BCUT2D eigenvalue weighted by atomic mass is 10.2. The number of benzene rings is 2. The van der Waals surface area contributed by atoms with Crippen molar-refractivity contribution in [2.45, 2.75) is 6.54 Å². The van der Waals surface area contributed by atoms with Gasteiger partial charge in [0.15, 0.2) is 16.3 Å². The first-order chi connectivity index (χ1) is 13.0. The molecule has 5 nitrogen and oxygen atoms in total. The van der Waals surface area contributed by atoms with Crippen molar-refractivity contribution >= 4 is 27.5 Å². The van der Waals surface area contributed by atoms with E-state index in [0.717, 1.165) is 16.8 Å². The molecule has 0 radical (unpaired) electrons. The maximum Gasteiger partial charge on any atom is 0.282 e. The summed E-state index contributed by atoms with van der Waals surface area (Å²) < 4.78 is 39.9. The van der Waals surface area contributed by atoms with Crippen LogP contribution in [0.25, 0.3) is 10.2 Å². The molecule has 3 aromatic rings. The first kappa shape index (κ1) is 18.6. The number of carbonyl (C=O) groups excluding carboxylic acids is 1. The van der Waals surface area contributed by atoms with Gasteiger partial charge in [0, 0.05) is 18.2 Å². The van der Waals surface area contributed by atoms with Crippen LogP contribution in [0.4, 0.5) is 8.78 Å². The molecular weight excluding hydrogens is 374 g/mol. The van der Waals surface area contributed by atoms with Crippen LogP contribution in [0.15, 0.2) is 35.3 Å². The summed E-state index contributed by atoms with van der Waals surface area (Å²) in [5.74, 6) is 0.939. The number of hydrogen-bond acceptors (Lipinski definition) is 4. The molecule has 0 saturated carbocycles. The Morgan fingerprint density at radius 3 is 2.56 bits per heavy atom. The molecule has 0 aliphatic carbocycles. The number of thiazole rings is 1. The summed E-state index contributed by atoms with van der Waals surface area (Å²) in [4.78, 5) is 16.7. The van der Waals surface area contributed by atoms with Crippen molar-refractivity contribution in [1.82, 2.24) is 4.57 Å². The van der Waals surface area contributed by atoms with Gasteiger partial charge in [-0.1, -0.05) is 17.3 Å². The monoisotopic (exact) mass is 388 g/mol. The Labute approximate surface area is 157 Å². The average molecular weight is 388 g/mol. The molecule has 1 aromatic heterocycles. The zero-order valence-electron chi connectivity index (χ0n) is 14.5. The predicted octanol–water partition coefficient (Wildman–Crippen LogP) is 3.37. The van der Waals surface area contributed by atoms with E-state index in [1.165, 1.54) is 25.6 Å². The molecule has 0 atom stereocenters. The summed E-state index contributed by atoms with van der Waals surface area (Å²) in [6.07, 6.45) is 5.44. The lowest BCUT2D eigenvalue weighted by Gasteiger charge is -2.08. The van der Waals surface area contributed by atoms with Gasteiger partial charge in [-0.15, -0.1) is 6.42 Å². The van der Waals surface area contributed by atoms with Crippen molar-refractivity contribution in [3.05, 3.63) is 52.3 Å². The molecule has 0 N–H and O–H groups in total. The largest absolute Gasteiger partial charge is 0.493 e. The van der Waals surface area contributed by atoms with Gasteiger partial charge in [-0.25, -0.2) is 8.78 Å². The van der Waals surface area contributed by atoms with Crippen molar-refractivity contribution in [1.29, 1.82) is 0 Å². The second kappa shape index (κ2) is 7.60. The van der Waals surface area contributed by atoms with Crippen LogP contribution < -0.4 is 14.3 Å². The van der Waals surface area contributed by atoms with Gasteiger partial charge < -0.3 is 14.0 Å². The molecule has 1 amide bonds. The van der Waals surface area contributed by atoms with Gasteiger partial charge in [-0.2, -0.15) is 4.99 Å². The Morgan fingerprint density at radius 2 is 1.93 bits per heavy atom. The van der Waals surface area contributed by atoms with E-state index in [-0.39, 0.29) is 16.9 Å². The highest BCUT2D eigenvalue weighted by Crippen LogP contribution is 2.33. The lowest BCUT2D eigenvalue weighted by Crippen LogP contribution is -2.17. The van der Waals surface area contributed by atoms with Gasteiger partial charge in [-0.05, 0) is 12.1 Å². The quantitative estimate of drug-likeness (QED) is 0.644. The zero-order chi connectivity index (χ0) is 19.6. The van der Waals surface area contributed by atoms with Crippen LogP contribution >= 0.6 is 11.3 Å². The highest BCUT2D eigenvalue weighted by Gasteiger charge is 2.15. The maximum absolute atomic E-state index is 13.9. The molecule has 2 aromatic carbocycles. The van der Waals surface area contributed by atoms with Crippen molar-refractivity contribution in [2.24, 2.45) is 4.99 Å². The standard InChI is InChI=1S/C19H14F2N2O3S/c1-4-7-23-14-9-15(25-2)16(26-3)10-17(14)27-19(23)22-18(24)12-6-5-11(20)8-13(12)21/h1,5-6,8-10H,7H2,2-3H3. The van der Waals surface area contributed by atoms with E-state index in [0.29, 0.717) is 23.1 Å². The maximum atomic E-state index is 13.9. The van der Waals surface area contributed by atoms with Crippen LogP contribution in [0.5, 0.6) is 11.5 Å². The molecule has 0 spiro atoms. The molecule has 0 aliphatic rings. The third-order valence-electron chi connectivity index (χ3n) is 3.80. The SMILES string of the molecule is C#CCn1c(=NC(=O)c2ccc(F)cc2F)sc2cc(OC)c(OC)cc21. The Kier molecular flexibility index (Phi) is 5.23. The summed E-state index contributed by atoms with van der Waals surface area (Å²) in [6.45, 7) is 0.146. The first-order valence-corrected chi connectivity index (χ1v) is 8.53. The molecule has 3 rings (SSSR count). The minimum Gasteiger partial charge on any atom is -0.493 e. The van der Waals surface area contributed by atoms with Crippen molar-refractivity contribution in [3.8, 4) is 23.8 Å². The number of fused-ring (bicyclic) bond motifs is 1. The highest BCUT2D eigenvalue weighted by molar-refractivity contribution is 7.16. The van der Waals surface area contributed by atoms with Gasteiger partial charge in [-0.3, -0.25) is 4.79 Å². The summed E-state index contributed by atoms with van der Waals surface area (Å²) in [5.41, 5.74) is 0.373. The zero-order valence-corrected chi connectivity index (χ0v) is 15.3. The summed E-state index contributed by atoms with van der Waals surface area (Å²) in [5, 5.41) is 0. The second-order valence-corrected chi connectivity index (χ2v) is 6.40. The Balaban J connectivity index is 2.20. The Hall–Kier alpha value is -3.18. The van der Waals surface area contributed by atoms with E-state index in [2.05, 4.69) is 10.9 Å². The van der Waals surface area contributed by atoms with Crippen LogP contribution in [-0.2, 0) is 6.54 Å². The molecular formula is C19H14F2N2O3S. The molecule has 1 heterocycles. The van der Waals surface area contributed by atoms with Crippen molar-refractivity contribution in [3.63, 3.8) is 0 Å². The molecule has 138 valence electrons. The fourth-order valence-electron chi connectivity index (χ4n) is 2.54. The third kappa shape index (κ3) is 3.55. The summed E-state index contributed by atoms with van der Waals surface area (Å²) in [7, 11) is 3.02. The molecule has 0 unspecified atom stereocenters. The van der Waals surface area contributed by atoms with E-state index < -0.39 is 17.5 Å². The van der Waals surface area contributed by atoms with Crippen LogP contribution in [0.2, 0.25) is 0 Å². The number of halogens is 2. The van der Waals surface area contributed by atoms with Crippen LogP contribution in [-0.4, -0.2) is 24.7 Å². The number of nitrogens with zero attached hydrogens (tertiary/aromatic N) is 2. The van der Waals surface area contributed by atoms with Crippen LogP contribution in [0.1, 0.15) is 10.4 Å². The van der Waals surface area contributed by atoms with Crippen LogP contribution in [0.3, 0.4) is 0 Å². The van der Waals surface area contributed by atoms with E-state index in [1.807, 2.05) is 0 Å². The molecule has 8 heteroatoms. The molecule has 0 aliphatic heterocycles. The number of carbonyl (C=O) groups is 1. The Morgan fingerprint density at radius 1 is 1.22 bits per heavy atom. The topological polar surface area (TPSA) is 52.8 Å². The first-order valence-electron chi connectivity index (χ1n) is 7.71. The summed E-state index contributed by atoms with van der Waals surface area (Å²) >= 11 is 1.19. The van der Waals surface area contributed by atoms with E-state index in [9.17, 15) is 13.6 Å². The highest BCUT2D eigenvalue weighted by atomic mass is 32.1. The number of amides is 1. The number of methoxy groups -OCH3 is 2. The number of ether oxygens (including phenoxy) is 2. The minimum absolute atomic E-state index is 0.146. The second-order valence-electron chi connectivity index (χ2n) is 5.39. The van der Waals surface area contributed by atoms with Gasteiger partial charge in [0.05, 0.1) is 36.5 Å². The molecule has 0 bridgehead atoms. The lowest BCUT2D eigenvalue weighted by molar-refractivity contribution is 0.0994. The van der Waals surface area contributed by atoms with E-state index in [4.69, 9.17) is 15.9 Å². The molecule has 0 fully saturated rings. The molecule has 27 heavy (non-hydrogen) atoms. The minimum atomic E-state index is -0.975. The number of hydrogen-bond donors (Lipinski definition) is 0. The van der Waals surface area contributed by atoms with E-state index >= 15 is 0 Å². The van der Waals surface area contributed by atoms with Crippen molar-refractivity contribution in [2.75, 3.05) is 14.2 Å². The smallest absolute Gasteiger partial charge is 0.282 e. The average Bonchev–Trinajstić information content (AvgIpc) is 2.96. The fraction of sp³-hybridized carbons (Fsp3) is 0.158. The number of terminal acetylenes is 1. The van der Waals surface area contributed by atoms with Gasteiger partial charge in [0.1, 0.15) is 11.6 Å². The Bertz CT molecular complexity index is 1140. The number of aromatic nitrogens is 1. The van der Waals surface area contributed by atoms with E-state index in [1.54, 1.807) is 16.7 Å². The summed E-state index contributed by atoms with van der Waals surface area (Å²) in [6, 6.07) is 6.17. The van der Waals surface area contributed by atoms with Gasteiger partial charge in [0.2, 0.25) is 0 Å². The molecule has 0 saturated heterocycles. The normalized spacial score (nSPS) is 11.4. The fourth-order valence-corrected chi connectivity index (χ4v) is 3.57.